The molecule has 0 spiro atoms. The summed E-state index contributed by atoms with van der Waals surface area (Å²) in [6.07, 6.45) is 1.37. The highest BCUT2D eigenvalue weighted by atomic mass is 32.1. The van der Waals surface area contributed by atoms with Crippen molar-refractivity contribution in [1.82, 2.24) is 0 Å². The van der Waals surface area contributed by atoms with Crippen LogP contribution in [0.3, 0.4) is 0 Å². The molecular formula is C16H15NO3S. The van der Waals surface area contributed by atoms with Gasteiger partial charge in [0.05, 0.1) is 10.3 Å². The summed E-state index contributed by atoms with van der Waals surface area (Å²) >= 11 is 1.41. The number of carbonyl (C=O) groups excluding carboxylic acids is 1. The van der Waals surface area contributed by atoms with E-state index in [0.29, 0.717) is 23.4 Å². The predicted molar refractivity (Wildman–Crippen MR) is 82.0 cm³/mol. The van der Waals surface area contributed by atoms with Gasteiger partial charge in [0, 0.05) is 5.69 Å². The van der Waals surface area contributed by atoms with Gasteiger partial charge in [0.25, 0.3) is 5.91 Å². The highest BCUT2D eigenvalue weighted by Crippen LogP contribution is 2.48. The molecule has 0 aliphatic heterocycles. The summed E-state index contributed by atoms with van der Waals surface area (Å²) in [6, 6.07) is 9.01. The number of carbonyl (C=O) groups is 2. The molecule has 2 N–H and O–H groups in total. The lowest BCUT2D eigenvalue weighted by molar-refractivity contribution is -0.140. The summed E-state index contributed by atoms with van der Waals surface area (Å²) in [5.74, 6) is -0.900. The Kier molecular flexibility index (Phi) is 3.29. The maximum Gasteiger partial charge on any atom is 0.314 e. The van der Waals surface area contributed by atoms with Crippen LogP contribution in [0.5, 0.6) is 0 Å². The minimum atomic E-state index is -0.770. The summed E-state index contributed by atoms with van der Waals surface area (Å²) in [6.45, 7) is 1.90. The second kappa shape index (κ2) is 5.00. The summed E-state index contributed by atoms with van der Waals surface area (Å²) < 4.78 is 0. The molecule has 108 valence electrons. The molecule has 0 bridgehead atoms. The van der Waals surface area contributed by atoms with Crippen molar-refractivity contribution in [3.8, 4) is 0 Å². The van der Waals surface area contributed by atoms with Crippen molar-refractivity contribution >= 4 is 28.9 Å². The summed E-state index contributed by atoms with van der Waals surface area (Å²) in [5.41, 5.74) is 1.74. The number of hydrogen-bond acceptors (Lipinski definition) is 3. The molecule has 1 amide bonds. The van der Waals surface area contributed by atoms with Crippen LogP contribution < -0.4 is 5.32 Å². The first kappa shape index (κ1) is 13.8. The maximum absolute atomic E-state index is 12.1. The summed E-state index contributed by atoms with van der Waals surface area (Å²) in [4.78, 5) is 24.1. The predicted octanol–water partition coefficient (Wildman–Crippen LogP) is 3.43. The lowest BCUT2D eigenvalue weighted by atomic mass is 9.96. The number of nitrogens with one attached hydrogen (secondary N) is 1. The molecule has 5 heteroatoms. The third-order valence-corrected chi connectivity index (χ3v) is 4.94. The Balaban J connectivity index is 1.75. The van der Waals surface area contributed by atoms with Crippen LogP contribution in [0.4, 0.5) is 5.69 Å². The van der Waals surface area contributed by atoms with E-state index < -0.39 is 11.4 Å². The van der Waals surface area contributed by atoms with Crippen molar-refractivity contribution in [1.29, 1.82) is 0 Å². The van der Waals surface area contributed by atoms with Gasteiger partial charge in [-0.25, -0.2) is 0 Å². The van der Waals surface area contributed by atoms with Crippen molar-refractivity contribution < 1.29 is 14.7 Å². The van der Waals surface area contributed by atoms with Crippen LogP contribution in [0.2, 0.25) is 0 Å². The monoisotopic (exact) mass is 301 g/mol. The van der Waals surface area contributed by atoms with E-state index >= 15 is 0 Å². The average molecular weight is 301 g/mol. The topological polar surface area (TPSA) is 66.4 Å². The zero-order valence-electron chi connectivity index (χ0n) is 11.6. The molecule has 3 rings (SSSR count). The lowest BCUT2D eigenvalue weighted by Gasteiger charge is -2.11. The first-order valence-electron chi connectivity index (χ1n) is 6.72. The molecule has 1 heterocycles. The largest absolute Gasteiger partial charge is 0.481 e. The SMILES string of the molecule is Cc1ccsc1C(=O)Nc1ccc(C2(C(=O)O)CC2)cc1. The van der Waals surface area contributed by atoms with Gasteiger partial charge < -0.3 is 10.4 Å². The molecule has 2 aromatic rings. The van der Waals surface area contributed by atoms with Crippen LogP contribution in [0.15, 0.2) is 35.7 Å². The average Bonchev–Trinajstić information content (AvgIpc) is 3.16. The van der Waals surface area contributed by atoms with Gasteiger partial charge in [0.1, 0.15) is 0 Å². The number of benzene rings is 1. The molecule has 1 saturated carbocycles. The molecule has 1 aromatic heterocycles. The fourth-order valence-electron chi connectivity index (χ4n) is 2.42. The van der Waals surface area contributed by atoms with Gasteiger partial charge in [-0.15, -0.1) is 11.3 Å². The van der Waals surface area contributed by atoms with E-state index in [1.54, 1.807) is 24.3 Å². The second-order valence-corrected chi connectivity index (χ2v) is 6.27. The minimum absolute atomic E-state index is 0.130. The summed E-state index contributed by atoms with van der Waals surface area (Å²) in [7, 11) is 0. The number of carboxylic acid groups (broad SMARTS) is 1. The van der Waals surface area contributed by atoms with Gasteiger partial charge in [0.15, 0.2) is 0 Å². The zero-order valence-corrected chi connectivity index (χ0v) is 12.4. The fourth-order valence-corrected chi connectivity index (χ4v) is 3.24. The van der Waals surface area contributed by atoms with Gasteiger partial charge in [-0.05, 0) is 54.5 Å². The second-order valence-electron chi connectivity index (χ2n) is 5.35. The van der Waals surface area contributed by atoms with Crippen molar-refractivity contribution in [2.75, 3.05) is 5.32 Å². The molecule has 21 heavy (non-hydrogen) atoms. The van der Waals surface area contributed by atoms with Crippen LogP contribution in [0, 0.1) is 6.92 Å². The molecule has 4 nitrogen and oxygen atoms in total. The first-order valence-corrected chi connectivity index (χ1v) is 7.60. The Bertz CT molecular complexity index is 699. The Morgan fingerprint density at radius 2 is 1.86 bits per heavy atom. The van der Waals surface area contributed by atoms with Crippen molar-refractivity contribution in [3.05, 3.63) is 51.7 Å². The molecular weight excluding hydrogens is 286 g/mol. The number of anilines is 1. The van der Waals surface area contributed by atoms with Gasteiger partial charge >= 0.3 is 5.97 Å². The van der Waals surface area contributed by atoms with E-state index in [2.05, 4.69) is 5.32 Å². The number of aliphatic carboxylic acids is 1. The highest BCUT2D eigenvalue weighted by Gasteiger charge is 2.51. The molecule has 1 aliphatic rings. The van der Waals surface area contributed by atoms with E-state index in [4.69, 9.17) is 0 Å². The van der Waals surface area contributed by atoms with E-state index in [0.717, 1.165) is 11.1 Å². The number of amides is 1. The van der Waals surface area contributed by atoms with Gasteiger partial charge in [0.2, 0.25) is 0 Å². The third kappa shape index (κ3) is 2.45. The first-order chi connectivity index (χ1) is 10.0. The van der Waals surface area contributed by atoms with Gasteiger partial charge in [-0.2, -0.15) is 0 Å². The molecule has 1 fully saturated rings. The van der Waals surface area contributed by atoms with Gasteiger partial charge in [-0.1, -0.05) is 12.1 Å². The maximum atomic E-state index is 12.1. The Morgan fingerprint density at radius 1 is 1.19 bits per heavy atom. The molecule has 1 aliphatic carbocycles. The van der Waals surface area contributed by atoms with Crippen molar-refractivity contribution in [3.63, 3.8) is 0 Å². The summed E-state index contributed by atoms with van der Waals surface area (Å²) in [5, 5.41) is 14.0. The number of carboxylic acids is 1. The minimum Gasteiger partial charge on any atom is -0.481 e. The number of hydrogen-bond donors (Lipinski definition) is 2. The van der Waals surface area contributed by atoms with E-state index in [1.165, 1.54) is 11.3 Å². The van der Waals surface area contributed by atoms with E-state index in [-0.39, 0.29) is 5.91 Å². The molecule has 0 radical (unpaired) electrons. The number of rotatable bonds is 4. The highest BCUT2D eigenvalue weighted by molar-refractivity contribution is 7.12. The van der Waals surface area contributed by atoms with Crippen LogP contribution in [0.1, 0.15) is 33.6 Å². The molecule has 1 aromatic carbocycles. The van der Waals surface area contributed by atoms with E-state index in [1.807, 2.05) is 18.4 Å². The van der Waals surface area contributed by atoms with Crippen LogP contribution >= 0.6 is 11.3 Å². The molecule has 0 atom stereocenters. The smallest absolute Gasteiger partial charge is 0.314 e. The standard InChI is InChI=1S/C16H15NO3S/c1-10-6-9-21-13(10)14(18)17-12-4-2-11(3-5-12)16(7-8-16)15(19)20/h2-6,9H,7-8H2,1H3,(H,17,18)(H,19,20). The van der Waals surface area contributed by atoms with Crippen LogP contribution in [-0.4, -0.2) is 17.0 Å². The Morgan fingerprint density at radius 3 is 2.33 bits per heavy atom. The van der Waals surface area contributed by atoms with E-state index in [9.17, 15) is 14.7 Å². The van der Waals surface area contributed by atoms with Gasteiger partial charge in [-0.3, -0.25) is 9.59 Å². The van der Waals surface area contributed by atoms with Crippen LogP contribution in [0.25, 0.3) is 0 Å². The third-order valence-electron chi connectivity index (χ3n) is 3.92. The number of aryl methyl sites for hydroxylation is 1. The lowest BCUT2D eigenvalue weighted by Crippen LogP contribution is -2.19. The van der Waals surface area contributed by atoms with Crippen molar-refractivity contribution in [2.45, 2.75) is 25.2 Å². The molecule has 0 unspecified atom stereocenters. The number of thiophene rings is 1. The molecule has 0 saturated heterocycles. The quantitative estimate of drug-likeness (QED) is 0.909. The van der Waals surface area contributed by atoms with Crippen LogP contribution in [-0.2, 0) is 10.2 Å². The Labute approximate surface area is 126 Å². The van der Waals surface area contributed by atoms with Crippen molar-refractivity contribution in [2.24, 2.45) is 0 Å². The Hall–Kier alpha value is -2.14. The fraction of sp³-hybridized carbons (Fsp3) is 0.250. The normalized spacial score (nSPS) is 15.5. The zero-order chi connectivity index (χ0) is 15.0.